The number of ether oxygens (including phenoxy) is 2. The fourth-order valence-electron chi connectivity index (χ4n) is 4.41. The lowest BCUT2D eigenvalue weighted by Crippen LogP contribution is -2.52. The van der Waals surface area contributed by atoms with Crippen LogP contribution in [0.25, 0.3) is 0 Å². The highest BCUT2D eigenvalue weighted by Gasteiger charge is 2.25. The number of aliphatic imine (C=N–C) groups is 1. The van der Waals surface area contributed by atoms with Gasteiger partial charge in [-0.25, -0.2) is 0 Å². The molecule has 0 spiro atoms. The topological polar surface area (TPSA) is 49.3 Å². The van der Waals surface area contributed by atoms with Crippen molar-refractivity contribution in [2.45, 2.75) is 64.2 Å². The molecule has 2 rings (SSSR count). The lowest BCUT2D eigenvalue weighted by atomic mass is 10.0. The predicted octanol–water partition coefficient (Wildman–Crippen LogP) is 3.31. The smallest absolute Gasteiger partial charge is 0.193 e. The van der Waals surface area contributed by atoms with E-state index in [0.717, 1.165) is 71.2 Å². The quantitative estimate of drug-likeness (QED) is 0.316. The van der Waals surface area contributed by atoms with Gasteiger partial charge in [-0.1, -0.05) is 26.0 Å². The van der Waals surface area contributed by atoms with Gasteiger partial charge in [-0.05, 0) is 38.0 Å². The molecular weight excluding hydrogens is 376 g/mol. The van der Waals surface area contributed by atoms with Crippen LogP contribution in [-0.2, 0) is 9.47 Å². The zero-order valence-corrected chi connectivity index (χ0v) is 19.5. The van der Waals surface area contributed by atoms with Crippen LogP contribution in [0.5, 0.6) is 0 Å². The molecule has 0 amide bonds. The molecule has 2 aliphatic rings. The summed E-state index contributed by atoms with van der Waals surface area (Å²) in [6.07, 6.45) is 10.3. The zero-order valence-electron chi connectivity index (χ0n) is 19.5. The van der Waals surface area contributed by atoms with Crippen molar-refractivity contribution in [3.63, 3.8) is 0 Å². The summed E-state index contributed by atoms with van der Waals surface area (Å²) in [5.41, 5.74) is 0. The van der Waals surface area contributed by atoms with Crippen molar-refractivity contribution < 1.29 is 9.47 Å². The Labute approximate surface area is 184 Å². The Morgan fingerprint density at radius 3 is 2.43 bits per heavy atom. The summed E-state index contributed by atoms with van der Waals surface area (Å²) in [5, 5.41) is 3.62. The third kappa shape index (κ3) is 8.05. The maximum absolute atomic E-state index is 6.16. The van der Waals surface area contributed by atoms with E-state index in [1.807, 2.05) is 19.2 Å². The average molecular weight is 421 g/mol. The first kappa shape index (κ1) is 24.9. The van der Waals surface area contributed by atoms with Crippen molar-refractivity contribution >= 4 is 5.96 Å². The largest absolute Gasteiger partial charge is 0.376 e. The molecule has 2 unspecified atom stereocenters. The second-order valence-corrected chi connectivity index (χ2v) is 8.78. The van der Waals surface area contributed by atoms with E-state index >= 15 is 0 Å². The number of hydrogen-bond donors (Lipinski definition) is 1. The molecule has 0 saturated carbocycles. The highest BCUT2D eigenvalue weighted by atomic mass is 16.5. The minimum Gasteiger partial charge on any atom is -0.376 e. The minimum absolute atomic E-state index is 0.299. The van der Waals surface area contributed by atoms with Crippen LogP contribution in [-0.4, -0.2) is 87.0 Å². The molecule has 2 aliphatic heterocycles. The lowest BCUT2D eigenvalue weighted by molar-refractivity contribution is -0.0721. The number of hydrogen-bond acceptors (Lipinski definition) is 4. The molecule has 2 heterocycles. The Morgan fingerprint density at radius 2 is 1.90 bits per heavy atom. The normalized spacial score (nSPS) is 22.4. The van der Waals surface area contributed by atoms with Crippen molar-refractivity contribution in [2.75, 3.05) is 53.0 Å². The van der Waals surface area contributed by atoms with Crippen LogP contribution in [0.4, 0.5) is 0 Å². The summed E-state index contributed by atoms with van der Waals surface area (Å²) in [7, 11) is 1.88. The standard InChI is InChI=1S/C24H44N4O2/c1-6-13-27(14-7-2)23(20(3)4)18-26-24(25-5)28-15-11-21(12-16-28)30-19-22-10-8-9-17-29-22/h6-7,20-23H,1-2,8-19H2,3-5H3,(H,25,26). The van der Waals surface area contributed by atoms with Gasteiger partial charge in [-0.15, -0.1) is 13.2 Å². The fraction of sp³-hybridized carbons (Fsp3) is 0.792. The summed E-state index contributed by atoms with van der Waals surface area (Å²) >= 11 is 0. The summed E-state index contributed by atoms with van der Waals surface area (Å²) in [4.78, 5) is 9.33. The van der Waals surface area contributed by atoms with E-state index in [0.29, 0.717) is 24.2 Å². The second-order valence-electron chi connectivity index (χ2n) is 8.78. The number of likely N-dealkylation sites (tertiary alicyclic amines) is 1. The van der Waals surface area contributed by atoms with Crippen molar-refractivity contribution in [3.05, 3.63) is 25.3 Å². The molecule has 2 fully saturated rings. The van der Waals surface area contributed by atoms with Crippen molar-refractivity contribution in [1.82, 2.24) is 15.1 Å². The first-order chi connectivity index (χ1) is 14.6. The zero-order chi connectivity index (χ0) is 21.8. The van der Waals surface area contributed by atoms with Gasteiger partial charge in [-0.2, -0.15) is 0 Å². The summed E-state index contributed by atoms with van der Waals surface area (Å²) in [6.45, 7) is 18.6. The molecule has 6 heteroatoms. The number of rotatable bonds is 11. The summed E-state index contributed by atoms with van der Waals surface area (Å²) < 4.78 is 12.0. The third-order valence-corrected chi connectivity index (χ3v) is 6.18. The predicted molar refractivity (Wildman–Crippen MR) is 126 cm³/mol. The van der Waals surface area contributed by atoms with E-state index in [-0.39, 0.29) is 0 Å². The van der Waals surface area contributed by atoms with Gasteiger partial charge in [0.2, 0.25) is 0 Å². The molecule has 1 N–H and O–H groups in total. The van der Waals surface area contributed by atoms with E-state index in [1.165, 1.54) is 12.8 Å². The Hall–Kier alpha value is -1.37. The van der Waals surface area contributed by atoms with Crippen LogP contribution >= 0.6 is 0 Å². The number of guanidine groups is 1. The third-order valence-electron chi connectivity index (χ3n) is 6.18. The number of nitrogens with zero attached hydrogens (tertiary/aromatic N) is 3. The monoisotopic (exact) mass is 420 g/mol. The Balaban J connectivity index is 1.78. The SMILES string of the molecule is C=CCN(CC=C)C(CNC(=NC)N1CCC(OCC2CCCCO2)CC1)C(C)C. The molecule has 6 nitrogen and oxygen atoms in total. The highest BCUT2D eigenvalue weighted by Crippen LogP contribution is 2.18. The highest BCUT2D eigenvalue weighted by molar-refractivity contribution is 5.80. The van der Waals surface area contributed by atoms with Gasteiger partial charge in [-0.3, -0.25) is 9.89 Å². The molecule has 30 heavy (non-hydrogen) atoms. The van der Waals surface area contributed by atoms with Gasteiger partial charge in [0, 0.05) is 52.4 Å². The summed E-state index contributed by atoms with van der Waals surface area (Å²) in [5.74, 6) is 1.52. The van der Waals surface area contributed by atoms with E-state index in [1.54, 1.807) is 0 Å². The molecule has 0 aromatic rings. The maximum Gasteiger partial charge on any atom is 0.193 e. The summed E-state index contributed by atoms with van der Waals surface area (Å²) in [6, 6.07) is 0.397. The molecule has 172 valence electrons. The van der Waals surface area contributed by atoms with Crippen LogP contribution < -0.4 is 5.32 Å². The van der Waals surface area contributed by atoms with Gasteiger partial charge >= 0.3 is 0 Å². The number of piperidine rings is 1. The Morgan fingerprint density at radius 1 is 1.20 bits per heavy atom. The van der Waals surface area contributed by atoms with Crippen LogP contribution in [0.15, 0.2) is 30.3 Å². The van der Waals surface area contributed by atoms with Crippen LogP contribution in [0.3, 0.4) is 0 Å². The maximum atomic E-state index is 6.16. The molecular formula is C24H44N4O2. The van der Waals surface area contributed by atoms with Gasteiger partial charge in [0.1, 0.15) is 0 Å². The Bertz CT molecular complexity index is 513. The average Bonchev–Trinajstić information content (AvgIpc) is 2.76. The first-order valence-corrected chi connectivity index (χ1v) is 11.7. The van der Waals surface area contributed by atoms with Gasteiger partial charge in [0.25, 0.3) is 0 Å². The van der Waals surface area contributed by atoms with Gasteiger partial charge in [0.05, 0.1) is 18.8 Å². The fourth-order valence-corrected chi connectivity index (χ4v) is 4.41. The molecule has 2 saturated heterocycles. The van der Waals surface area contributed by atoms with E-state index < -0.39 is 0 Å². The molecule has 0 aromatic heterocycles. The van der Waals surface area contributed by atoms with Gasteiger partial charge < -0.3 is 19.7 Å². The van der Waals surface area contributed by atoms with Crippen LogP contribution in [0.1, 0.15) is 46.0 Å². The molecule has 0 aromatic carbocycles. The van der Waals surface area contributed by atoms with Crippen LogP contribution in [0.2, 0.25) is 0 Å². The van der Waals surface area contributed by atoms with E-state index in [2.05, 4.69) is 47.1 Å². The van der Waals surface area contributed by atoms with Crippen molar-refractivity contribution in [3.8, 4) is 0 Å². The van der Waals surface area contributed by atoms with Crippen molar-refractivity contribution in [1.29, 1.82) is 0 Å². The first-order valence-electron chi connectivity index (χ1n) is 11.7. The van der Waals surface area contributed by atoms with E-state index in [4.69, 9.17) is 9.47 Å². The lowest BCUT2D eigenvalue weighted by Gasteiger charge is -2.37. The molecule has 0 bridgehead atoms. The Kier molecular flexibility index (Phi) is 11.5. The van der Waals surface area contributed by atoms with Crippen molar-refractivity contribution in [2.24, 2.45) is 10.9 Å². The van der Waals surface area contributed by atoms with Gasteiger partial charge in [0.15, 0.2) is 5.96 Å². The molecule has 0 radical (unpaired) electrons. The van der Waals surface area contributed by atoms with E-state index in [9.17, 15) is 0 Å². The number of nitrogens with one attached hydrogen (secondary N) is 1. The molecule has 2 atom stereocenters. The minimum atomic E-state index is 0.299. The molecule has 0 aliphatic carbocycles. The van der Waals surface area contributed by atoms with Crippen LogP contribution in [0, 0.1) is 5.92 Å². The second kappa shape index (κ2) is 13.8.